The largest absolute Gasteiger partial charge is 0.484 e. The van der Waals surface area contributed by atoms with Crippen LogP contribution in [-0.4, -0.2) is 15.7 Å². The van der Waals surface area contributed by atoms with E-state index >= 15 is 0 Å². The molecule has 3 aromatic rings. The van der Waals surface area contributed by atoms with Crippen LogP contribution in [0.25, 0.3) is 0 Å². The summed E-state index contributed by atoms with van der Waals surface area (Å²) in [6.07, 6.45) is 0. The van der Waals surface area contributed by atoms with E-state index in [-0.39, 0.29) is 18.3 Å². The molecule has 3 rings (SSSR count). The van der Waals surface area contributed by atoms with E-state index in [1.54, 1.807) is 28.9 Å². The summed E-state index contributed by atoms with van der Waals surface area (Å²) in [5, 5.41) is 7.70. The minimum atomic E-state index is -0.287. The molecule has 2 aromatic heterocycles. The molecular formula is C19H19BrClN3O3. The molecule has 0 fully saturated rings. The smallest absolute Gasteiger partial charge is 0.287 e. The van der Waals surface area contributed by atoms with Crippen LogP contribution >= 0.6 is 27.5 Å². The van der Waals surface area contributed by atoms with Crippen LogP contribution in [-0.2, 0) is 20.2 Å². The van der Waals surface area contributed by atoms with Gasteiger partial charge in [0, 0.05) is 29.3 Å². The number of furan rings is 1. The number of carbonyl (C=O) groups excluding carboxylic acids is 1. The zero-order valence-electron chi connectivity index (χ0n) is 15.2. The summed E-state index contributed by atoms with van der Waals surface area (Å²) in [6.45, 7) is 4.46. The van der Waals surface area contributed by atoms with E-state index in [4.69, 9.17) is 20.8 Å². The number of halogens is 2. The molecule has 1 N–H and O–H groups in total. The van der Waals surface area contributed by atoms with E-state index in [9.17, 15) is 4.79 Å². The number of benzene rings is 1. The van der Waals surface area contributed by atoms with Crippen molar-refractivity contribution in [3.05, 3.63) is 68.3 Å². The molecule has 0 aliphatic rings. The van der Waals surface area contributed by atoms with E-state index in [1.807, 2.05) is 27.0 Å². The van der Waals surface area contributed by atoms with Crippen LogP contribution in [0.5, 0.6) is 5.75 Å². The Kier molecular flexibility index (Phi) is 5.92. The molecule has 0 bridgehead atoms. The first-order valence-electron chi connectivity index (χ1n) is 8.29. The highest BCUT2D eigenvalue weighted by Gasteiger charge is 2.15. The van der Waals surface area contributed by atoms with Gasteiger partial charge in [-0.25, -0.2) is 0 Å². The quantitative estimate of drug-likeness (QED) is 0.595. The van der Waals surface area contributed by atoms with Gasteiger partial charge in [-0.1, -0.05) is 27.5 Å². The molecule has 0 atom stereocenters. The Labute approximate surface area is 170 Å². The van der Waals surface area contributed by atoms with Gasteiger partial charge in [-0.3, -0.25) is 9.48 Å². The highest BCUT2D eigenvalue weighted by Crippen LogP contribution is 2.28. The Morgan fingerprint density at radius 1 is 1.33 bits per heavy atom. The summed E-state index contributed by atoms with van der Waals surface area (Å²) in [7, 11) is 1.88. The zero-order chi connectivity index (χ0) is 19.6. The number of rotatable bonds is 6. The molecule has 0 aliphatic heterocycles. The van der Waals surface area contributed by atoms with Crippen molar-refractivity contribution >= 4 is 33.4 Å². The average Bonchev–Trinajstić information content (AvgIpc) is 3.18. The fourth-order valence-electron chi connectivity index (χ4n) is 2.65. The number of carbonyl (C=O) groups is 1. The van der Waals surface area contributed by atoms with E-state index in [0.717, 1.165) is 21.4 Å². The van der Waals surface area contributed by atoms with Crippen LogP contribution in [0, 0.1) is 13.8 Å². The van der Waals surface area contributed by atoms with Gasteiger partial charge in [-0.15, -0.1) is 0 Å². The Balaban J connectivity index is 1.58. The standard InChI is InChI=1S/C19H19BrClN3O3/c1-11-15(12(2)24(3)23-11)9-22-19(25)18-7-5-14(27-18)10-26-17-6-4-13(20)8-16(17)21/h4-8H,9-10H2,1-3H3,(H,22,25). The SMILES string of the molecule is Cc1nn(C)c(C)c1CNC(=O)c1ccc(COc2ccc(Br)cc2Cl)o1. The van der Waals surface area contributed by atoms with Crippen molar-refractivity contribution in [1.29, 1.82) is 0 Å². The monoisotopic (exact) mass is 451 g/mol. The van der Waals surface area contributed by atoms with Gasteiger partial charge >= 0.3 is 0 Å². The Hall–Kier alpha value is -2.25. The van der Waals surface area contributed by atoms with Gasteiger partial charge in [-0.05, 0) is 44.2 Å². The third-order valence-corrected chi connectivity index (χ3v) is 5.02. The second-order valence-electron chi connectivity index (χ2n) is 6.09. The Morgan fingerprint density at radius 2 is 2.11 bits per heavy atom. The molecular weight excluding hydrogens is 434 g/mol. The summed E-state index contributed by atoms with van der Waals surface area (Å²) >= 11 is 9.47. The topological polar surface area (TPSA) is 69.3 Å². The fourth-order valence-corrected chi connectivity index (χ4v) is 3.38. The number of nitrogens with one attached hydrogen (secondary N) is 1. The maximum Gasteiger partial charge on any atom is 0.287 e. The molecule has 0 saturated heterocycles. The van der Waals surface area contributed by atoms with Crippen molar-refractivity contribution in [3.8, 4) is 5.75 Å². The van der Waals surface area contributed by atoms with Gasteiger partial charge in [0.15, 0.2) is 5.76 Å². The fraction of sp³-hybridized carbons (Fsp3) is 0.263. The van der Waals surface area contributed by atoms with Crippen molar-refractivity contribution in [2.24, 2.45) is 7.05 Å². The van der Waals surface area contributed by atoms with Crippen molar-refractivity contribution in [2.45, 2.75) is 27.0 Å². The second kappa shape index (κ2) is 8.19. The van der Waals surface area contributed by atoms with Gasteiger partial charge in [0.1, 0.15) is 18.1 Å². The van der Waals surface area contributed by atoms with Gasteiger partial charge < -0.3 is 14.5 Å². The van der Waals surface area contributed by atoms with E-state index in [0.29, 0.717) is 23.1 Å². The van der Waals surface area contributed by atoms with E-state index in [1.165, 1.54) is 0 Å². The summed E-state index contributed by atoms with van der Waals surface area (Å²) in [6, 6.07) is 8.69. The lowest BCUT2D eigenvalue weighted by molar-refractivity contribution is 0.0919. The van der Waals surface area contributed by atoms with Crippen LogP contribution in [0.3, 0.4) is 0 Å². The molecule has 0 radical (unpaired) electrons. The normalized spacial score (nSPS) is 10.9. The summed E-state index contributed by atoms with van der Waals surface area (Å²) < 4.78 is 13.9. The molecule has 8 heteroatoms. The predicted octanol–water partition coefficient (Wildman–Crippen LogP) is 4.55. The first-order valence-corrected chi connectivity index (χ1v) is 9.46. The average molecular weight is 453 g/mol. The maximum atomic E-state index is 12.3. The number of aryl methyl sites for hydroxylation is 2. The maximum absolute atomic E-state index is 12.3. The molecule has 27 heavy (non-hydrogen) atoms. The number of aromatic nitrogens is 2. The van der Waals surface area contributed by atoms with Crippen LogP contribution in [0.2, 0.25) is 5.02 Å². The summed E-state index contributed by atoms with van der Waals surface area (Å²) in [5.41, 5.74) is 2.92. The first kappa shape index (κ1) is 19.5. The predicted molar refractivity (Wildman–Crippen MR) is 106 cm³/mol. The van der Waals surface area contributed by atoms with Gasteiger partial charge in [-0.2, -0.15) is 5.10 Å². The Morgan fingerprint density at radius 3 is 2.78 bits per heavy atom. The van der Waals surface area contributed by atoms with Gasteiger partial charge in [0.05, 0.1) is 10.7 Å². The molecule has 1 amide bonds. The lowest BCUT2D eigenvalue weighted by atomic mass is 10.2. The minimum Gasteiger partial charge on any atom is -0.484 e. The minimum absolute atomic E-state index is 0.176. The van der Waals surface area contributed by atoms with Crippen LogP contribution in [0.1, 0.15) is 33.3 Å². The second-order valence-corrected chi connectivity index (χ2v) is 7.41. The van der Waals surface area contributed by atoms with Crippen molar-refractivity contribution in [1.82, 2.24) is 15.1 Å². The number of amides is 1. The van der Waals surface area contributed by atoms with Crippen molar-refractivity contribution < 1.29 is 13.9 Å². The van der Waals surface area contributed by atoms with Crippen LogP contribution < -0.4 is 10.1 Å². The molecule has 2 heterocycles. The molecule has 0 unspecified atom stereocenters. The lowest BCUT2D eigenvalue weighted by Gasteiger charge is -2.07. The van der Waals surface area contributed by atoms with Crippen LogP contribution in [0.4, 0.5) is 0 Å². The number of ether oxygens (including phenoxy) is 1. The molecule has 142 valence electrons. The molecule has 0 spiro atoms. The zero-order valence-corrected chi connectivity index (χ0v) is 17.5. The molecule has 0 saturated carbocycles. The van der Waals surface area contributed by atoms with Crippen LogP contribution in [0.15, 0.2) is 39.2 Å². The highest BCUT2D eigenvalue weighted by atomic mass is 79.9. The van der Waals surface area contributed by atoms with E-state index in [2.05, 4.69) is 26.3 Å². The Bertz CT molecular complexity index is 981. The third kappa shape index (κ3) is 4.54. The number of hydrogen-bond donors (Lipinski definition) is 1. The first-order chi connectivity index (χ1) is 12.8. The van der Waals surface area contributed by atoms with Gasteiger partial charge in [0.2, 0.25) is 0 Å². The van der Waals surface area contributed by atoms with Crippen molar-refractivity contribution in [2.75, 3.05) is 0 Å². The van der Waals surface area contributed by atoms with Gasteiger partial charge in [0.25, 0.3) is 5.91 Å². The highest BCUT2D eigenvalue weighted by molar-refractivity contribution is 9.10. The molecule has 1 aromatic carbocycles. The van der Waals surface area contributed by atoms with E-state index < -0.39 is 0 Å². The third-order valence-electron chi connectivity index (χ3n) is 4.23. The molecule has 6 nitrogen and oxygen atoms in total. The summed E-state index contributed by atoms with van der Waals surface area (Å²) in [4.78, 5) is 12.3. The molecule has 0 aliphatic carbocycles. The summed E-state index contributed by atoms with van der Waals surface area (Å²) in [5.74, 6) is 1.03. The van der Waals surface area contributed by atoms with Crippen molar-refractivity contribution in [3.63, 3.8) is 0 Å². The number of nitrogens with zero attached hydrogens (tertiary/aromatic N) is 2. The lowest BCUT2D eigenvalue weighted by Crippen LogP contribution is -2.23. The number of hydrogen-bond acceptors (Lipinski definition) is 4.